The quantitative estimate of drug-likeness (QED) is 0.891. The summed E-state index contributed by atoms with van der Waals surface area (Å²) in [6.07, 6.45) is 1.82. The van der Waals surface area contributed by atoms with Crippen LogP contribution in [0.4, 0.5) is 0 Å². The smallest absolute Gasteiger partial charge is 0.0839 e. The van der Waals surface area contributed by atoms with Crippen LogP contribution in [0.3, 0.4) is 0 Å². The van der Waals surface area contributed by atoms with Gasteiger partial charge in [0.25, 0.3) is 0 Å². The summed E-state index contributed by atoms with van der Waals surface area (Å²) in [5.74, 6) is 0.341. The number of nitrogens with zero attached hydrogens (tertiary/aromatic N) is 1. The third-order valence-corrected chi connectivity index (χ3v) is 4.19. The molecule has 0 saturated heterocycles. The summed E-state index contributed by atoms with van der Waals surface area (Å²) in [6.45, 7) is 0.948. The van der Waals surface area contributed by atoms with E-state index in [2.05, 4.69) is 55.4 Å². The molecular formula is C17H21NO. The molecule has 0 bridgehead atoms. The van der Waals surface area contributed by atoms with Crippen LogP contribution < -0.4 is 0 Å². The summed E-state index contributed by atoms with van der Waals surface area (Å²) in [5.41, 5.74) is 2.48. The number of aliphatic hydroxyl groups is 1. The summed E-state index contributed by atoms with van der Waals surface area (Å²) < 4.78 is 0. The SMILES string of the molecule is CN(C)CC1CCc2ccc3ccccc3c2C1O. The van der Waals surface area contributed by atoms with Crippen LogP contribution >= 0.6 is 0 Å². The average molecular weight is 255 g/mol. The summed E-state index contributed by atoms with van der Waals surface area (Å²) in [4.78, 5) is 2.17. The van der Waals surface area contributed by atoms with Gasteiger partial charge >= 0.3 is 0 Å². The Morgan fingerprint density at radius 3 is 2.74 bits per heavy atom. The number of rotatable bonds is 2. The highest BCUT2D eigenvalue weighted by molar-refractivity contribution is 5.87. The van der Waals surface area contributed by atoms with Crippen LogP contribution in [0, 0.1) is 5.92 Å². The number of hydrogen-bond acceptors (Lipinski definition) is 2. The van der Waals surface area contributed by atoms with Crippen LogP contribution in [-0.2, 0) is 6.42 Å². The molecule has 0 radical (unpaired) electrons. The Hall–Kier alpha value is -1.38. The second kappa shape index (κ2) is 4.95. The Labute approximate surface area is 114 Å². The first-order valence-corrected chi connectivity index (χ1v) is 7.00. The number of aliphatic hydroxyl groups excluding tert-OH is 1. The minimum atomic E-state index is -0.336. The molecule has 0 fully saturated rings. The molecule has 1 aliphatic rings. The van der Waals surface area contributed by atoms with E-state index in [1.165, 1.54) is 16.3 Å². The van der Waals surface area contributed by atoms with E-state index in [0.717, 1.165) is 24.9 Å². The maximum absolute atomic E-state index is 10.7. The molecule has 2 unspecified atom stereocenters. The normalized spacial score (nSPS) is 22.7. The first-order chi connectivity index (χ1) is 9.16. The van der Waals surface area contributed by atoms with Crippen LogP contribution in [-0.4, -0.2) is 30.6 Å². The van der Waals surface area contributed by atoms with Gasteiger partial charge in [-0.2, -0.15) is 0 Å². The van der Waals surface area contributed by atoms with Gasteiger partial charge in [-0.05, 0) is 48.8 Å². The summed E-state index contributed by atoms with van der Waals surface area (Å²) in [5, 5.41) is 13.2. The van der Waals surface area contributed by atoms with Gasteiger partial charge in [0, 0.05) is 12.5 Å². The third-order valence-electron chi connectivity index (χ3n) is 4.19. The fraction of sp³-hybridized carbons (Fsp3) is 0.412. The highest BCUT2D eigenvalue weighted by atomic mass is 16.3. The van der Waals surface area contributed by atoms with Crippen molar-refractivity contribution in [2.75, 3.05) is 20.6 Å². The van der Waals surface area contributed by atoms with Crippen LogP contribution in [0.2, 0.25) is 0 Å². The van der Waals surface area contributed by atoms with E-state index in [1.54, 1.807) is 0 Å². The van der Waals surface area contributed by atoms with Crippen molar-refractivity contribution in [1.29, 1.82) is 0 Å². The van der Waals surface area contributed by atoms with E-state index in [-0.39, 0.29) is 6.10 Å². The van der Waals surface area contributed by atoms with Crippen molar-refractivity contribution in [3.63, 3.8) is 0 Å². The monoisotopic (exact) mass is 255 g/mol. The molecule has 0 amide bonds. The van der Waals surface area contributed by atoms with Gasteiger partial charge in [0.05, 0.1) is 6.10 Å². The molecule has 0 aliphatic heterocycles. The van der Waals surface area contributed by atoms with Gasteiger partial charge in [-0.1, -0.05) is 36.4 Å². The fourth-order valence-corrected chi connectivity index (χ4v) is 3.30. The van der Waals surface area contributed by atoms with Crippen molar-refractivity contribution >= 4 is 10.8 Å². The van der Waals surface area contributed by atoms with Crippen molar-refractivity contribution in [1.82, 2.24) is 4.90 Å². The first-order valence-electron chi connectivity index (χ1n) is 7.00. The van der Waals surface area contributed by atoms with Crippen molar-refractivity contribution in [3.05, 3.63) is 47.5 Å². The maximum atomic E-state index is 10.7. The number of hydrogen-bond donors (Lipinski definition) is 1. The molecule has 3 rings (SSSR count). The van der Waals surface area contributed by atoms with Gasteiger partial charge in [-0.3, -0.25) is 0 Å². The van der Waals surface area contributed by atoms with Gasteiger partial charge in [0.2, 0.25) is 0 Å². The van der Waals surface area contributed by atoms with Crippen molar-refractivity contribution in [2.24, 2.45) is 5.92 Å². The maximum Gasteiger partial charge on any atom is 0.0839 e. The first kappa shape index (κ1) is 12.6. The van der Waals surface area contributed by atoms with Crippen LogP contribution in [0.5, 0.6) is 0 Å². The average Bonchev–Trinajstić information content (AvgIpc) is 2.41. The fourth-order valence-electron chi connectivity index (χ4n) is 3.30. The molecule has 0 saturated carbocycles. The van der Waals surface area contributed by atoms with Crippen molar-refractivity contribution in [2.45, 2.75) is 18.9 Å². The van der Waals surface area contributed by atoms with E-state index in [4.69, 9.17) is 0 Å². The van der Waals surface area contributed by atoms with Crippen molar-refractivity contribution < 1.29 is 5.11 Å². The standard InChI is InChI=1S/C17H21NO/c1-18(2)11-14-10-9-13-8-7-12-5-3-4-6-15(12)16(13)17(14)19/h3-8,14,17,19H,9-11H2,1-2H3. The Bertz CT molecular complexity index is 591. The van der Waals surface area contributed by atoms with E-state index < -0.39 is 0 Å². The molecule has 100 valence electrons. The molecule has 19 heavy (non-hydrogen) atoms. The second-order valence-electron chi connectivity index (χ2n) is 5.87. The molecule has 1 N–H and O–H groups in total. The summed E-state index contributed by atoms with van der Waals surface area (Å²) in [7, 11) is 4.15. The lowest BCUT2D eigenvalue weighted by Crippen LogP contribution is -2.30. The molecule has 0 heterocycles. The number of aryl methyl sites for hydroxylation is 1. The van der Waals surface area contributed by atoms with Crippen LogP contribution in [0.1, 0.15) is 23.7 Å². The zero-order valence-electron chi connectivity index (χ0n) is 11.6. The molecule has 2 aromatic carbocycles. The predicted molar refractivity (Wildman–Crippen MR) is 79.3 cm³/mol. The van der Waals surface area contributed by atoms with Gasteiger partial charge in [-0.25, -0.2) is 0 Å². The zero-order valence-corrected chi connectivity index (χ0v) is 11.6. The summed E-state index contributed by atoms with van der Waals surface area (Å²) >= 11 is 0. The lowest BCUT2D eigenvalue weighted by molar-refractivity contribution is 0.0781. The van der Waals surface area contributed by atoms with E-state index in [1.807, 2.05) is 0 Å². The Morgan fingerprint density at radius 1 is 1.16 bits per heavy atom. The predicted octanol–water partition coefficient (Wildman–Crippen LogP) is 3.00. The molecular weight excluding hydrogens is 234 g/mol. The largest absolute Gasteiger partial charge is 0.388 e. The third kappa shape index (κ3) is 2.26. The molecule has 1 aliphatic carbocycles. The van der Waals surface area contributed by atoms with E-state index in [0.29, 0.717) is 5.92 Å². The zero-order chi connectivity index (χ0) is 13.4. The number of fused-ring (bicyclic) bond motifs is 3. The molecule has 0 aromatic heterocycles. The van der Waals surface area contributed by atoms with Crippen LogP contribution in [0.25, 0.3) is 10.8 Å². The highest BCUT2D eigenvalue weighted by Crippen LogP contribution is 2.38. The minimum absolute atomic E-state index is 0.336. The Morgan fingerprint density at radius 2 is 1.95 bits per heavy atom. The van der Waals surface area contributed by atoms with E-state index in [9.17, 15) is 5.11 Å². The van der Waals surface area contributed by atoms with Crippen LogP contribution in [0.15, 0.2) is 36.4 Å². The van der Waals surface area contributed by atoms with Gasteiger partial charge in [0.1, 0.15) is 0 Å². The molecule has 2 heteroatoms. The lowest BCUT2D eigenvalue weighted by atomic mass is 9.79. The van der Waals surface area contributed by atoms with Gasteiger partial charge in [0.15, 0.2) is 0 Å². The van der Waals surface area contributed by atoms with Gasteiger partial charge < -0.3 is 10.0 Å². The van der Waals surface area contributed by atoms with E-state index >= 15 is 0 Å². The minimum Gasteiger partial charge on any atom is -0.388 e. The summed E-state index contributed by atoms with van der Waals surface area (Å²) in [6, 6.07) is 12.7. The molecule has 2 aromatic rings. The van der Waals surface area contributed by atoms with Crippen molar-refractivity contribution in [3.8, 4) is 0 Å². The molecule has 0 spiro atoms. The lowest BCUT2D eigenvalue weighted by Gasteiger charge is -2.32. The molecule has 2 nitrogen and oxygen atoms in total. The topological polar surface area (TPSA) is 23.5 Å². The second-order valence-corrected chi connectivity index (χ2v) is 5.87. The Balaban J connectivity index is 2.08. The van der Waals surface area contributed by atoms with Gasteiger partial charge in [-0.15, -0.1) is 0 Å². The Kier molecular flexibility index (Phi) is 3.29. The number of benzene rings is 2. The highest BCUT2D eigenvalue weighted by Gasteiger charge is 2.29. The molecule has 2 atom stereocenters.